The molecule has 11 heteroatoms. The van der Waals surface area contributed by atoms with Crippen LogP contribution >= 0.6 is 0 Å². The van der Waals surface area contributed by atoms with Crippen molar-refractivity contribution in [2.75, 3.05) is 31.1 Å². The largest absolute Gasteiger partial charge is 0.351 e. The molecule has 4 rings (SSSR count). The summed E-state index contributed by atoms with van der Waals surface area (Å²) in [5.41, 5.74) is 0. The van der Waals surface area contributed by atoms with Crippen LogP contribution in [0.4, 0.5) is 14.7 Å². The van der Waals surface area contributed by atoms with Gasteiger partial charge in [-0.25, -0.2) is 27.2 Å². The maximum Gasteiger partial charge on any atom is 0.246 e. The van der Waals surface area contributed by atoms with Gasteiger partial charge in [-0.05, 0) is 49.9 Å². The number of amides is 1. The van der Waals surface area contributed by atoms with Crippen LogP contribution in [-0.4, -0.2) is 60.8 Å². The third-order valence-corrected chi connectivity index (χ3v) is 7.85. The molecule has 1 N–H and O–H groups in total. The molecule has 2 fully saturated rings. The molecule has 0 radical (unpaired) electrons. The third kappa shape index (κ3) is 4.88. The monoisotopic (exact) mass is 465 g/mol. The molecule has 172 valence electrons. The average molecular weight is 466 g/mol. The van der Waals surface area contributed by atoms with Crippen molar-refractivity contribution in [3.05, 3.63) is 48.3 Å². The van der Waals surface area contributed by atoms with Gasteiger partial charge >= 0.3 is 0 Å². The van der Waals surface area contributed by atoms with Crippen molar-refractivity contribution in [3.8, 4) is 0 Å². The summed E-state index contributed by atoms with van der Waals surface area (Å²) in [5.74, 6) is -1.62. The van der Waals surface area contributed by atoms with E-state index >= 15 is 0 Å². The molecule has 0 spiro atoms. The van der Waals surface area contributed by atoms with Gasteiger partial charge in [0.25, 0.3) is 0 Å². The highest BCUT2D eigenvalue weighted by Gasteiger charge is 2.34. The highest BCUT2D eigenvalue weighted by atomic mass is 32.2. The summed E-state index contributed by atoms with van der Waals surface area (Å²) < 4.78 is 54.0. The molecule has 2 aromatic rings. The van der Waals surface area contributed by atoms with E-state index in [1.807, 2.05) is 4.90 Å². The second-order valence-corrected chi connectivity index (χ2v) is 10.0. The predicted octanol–water partition coefficient (Wildman–Crippen LogP) is 1.94. The zero-order valence-electron chi connectivity index (χ0n) is 17.5. The van der Waals surface area contributed by atoms with Crippen molar-refractivity contribution in [1.82, 2.24) is 19.6 Å². The van der Waals surface area contributed by atoms with Gasteiger partial charge in [0.2, 0.25) is 21.9 Å². The van der Waals surface area contributed by atoms with Crippen LogP contribution in [0.2, 0.25) is 0 Å². The fourth-order valence-electron chi connectivity index (χ4n) is 4.22. The van der Waals surface area contributed by atoms with Crippen LogP contribution in [-0.2, 0) is 14.8 Å². The highest BCUT2D eigenvalue weighted by Crippen LogP contribution is 2.26. The van der Waals surface area contributed by atoms with Crippen LogP contribution in [0.1, 0.15) is 25.7 Å². The van der Waals surface area contributed by atoms with Crippen molar-refractivity contribution in [2.45, 2.75) is 36.6 Å². The van der Waals surface area contributed by atoms with Gasteiger partial charge in [-0.15, -0.1) is 0 Å². The van der Waals surface area contributed by atoms with Crippen molar-refractivity contribution >= 4 is 21.9 Å². The number of anilines is 1. The average Bonchev–Trinajstić information content (AvgIpc) is 2.81. The minimum atomic E-state index is -4.16. The minimum absolute atomic E-state index is 0.0387. The number of rotatable bonds is 5. The lowest BCUT2D eigenvalue weighted by molar-refractivity contribution is -0.126. The fraction of sp³-hybridized carbons (Fsp3) is 0.476. The smallest absolute Gasteiger partial charge is 0.246 e. The van der Waals surface area contributed by atoms with Gasteiger partial charge in [0.1, 0.15) is 16.5 Å². The first kappa shape index (κ1) is 22.5. The minimum Gasteiger partial charge on any atom is -0.351 e. The summed E-state index contributed by atoms with van der Waals surface area (Å²) in [6.45, 7) is 1.58. The summed E-state index contributed by atoms with van der Waals surface area (Å²) in [6, 6.07) is 4.08. The number of piperidine rings is 2. The number of benzene rings is 1. The Bertz CT molecular complexity index is 1060. The molecule has 3 heterocycles. The molecular formula is C21H25F2N5O3S. The molecule has 1 atom stereocenters. The van der Waals surface area contributed by atoms with Gasteiger partial charge in [-0.2, -0.15) is 4.31 Å². The normalized spacial score (nSPS) is 20.8. The van der Waals surface area contributed by atoms with Gasteiger partial charge in [0, 0.05) is 50.5 Å². The number of carbonyl (C=O) groups excluding carboxylic acids is 1. The number of sulfonamides is 1. The van der Waals surface area contributed by atoms with Crippen molar-refractivity contribution in [2.24, 2.45) is 5.92 Å². The van der Waals surface area contributed by atoms with Gasteiger partial charge < -0.3 is 10.2 Å². The summed E-state index contributed by atoms with van der Waals surface area (Å²) in [6.07, 6.45) is 5.75. The first-order valence-corrected chi connectivity index (χ1v) is 12.1. The Balaban J connectivity index is 1.33. The number of nitrogens with zero attached hydrogens (tertiary/aromatic N) is 4. The molecule has 2 saturated heterocycles. The lowest BCUT2D eigenvalue weighted by Gasteiger charge is -2.35. The van der Waals surface area contributed by atoms with Crippen LogP contribution in [0, 0.1) is 17.6 Å². The van der Waals surface area contributed by atoms with Crippen molar-refractivity contribution < 1.29 is 22.0 Å². The van der Waals surface area contributed by atoms with E-state index in [1.165, 1.54) is 0 Å². The first-order valence-electron chi connectivity index (χ1n) is 10.6. The number of hydrogen-bond acceptors (Lipinski definition) is 6. The van der Waals surface area contributed by atoms with Crippen LogP contribution < -0.4 is 10.2 Å². The summed E-state index contributed by atoms with van der Waals surface area (Å²) in [4.78, 5) is 22.7. The predicted molar refractivity (Wildman–Crippen MR) is 113 cm³/mol. The second kappa shape index (κ2) is 9.45. The maximum absolute atomic E-state index is 14.0. The Morgan fingerprint density at radius 3 is 2.50 bits per heavy atom. The van der Waals surface area contributed by atoms with E-state index in [9.17, 15) is 22.0 Å². The van der Waals surface area contributed by atoms with Crippen molar-refractivity contribution in [1.29, 1.82) is 0 Å². The van der Waals surface area contributed by atoms with E-state index in [4.69, 9.17) is 0 Å². The summed E-state index contributed by atoms with van der Waals surface area (Å²) in [5, 5.41) is 3.08. The van der Waals surface area contributed by atoms with Crippen molar-refractivity contribution in [3.63, 3.8) is 0 Å². The number of nitrogens with one attached hydrogen (secondary N) is 1. The fourth-order valence-corrected chi connectivity index (χ4v) is 5.77. The molecule has 1 aromatic carbocycles. The van der Waals surface area contributed by atoms with E-state index in [-0.39, 0.29) is 31.0 Å². The lowest BCUT2D eigenvalue weighted by atomic mass is 9.96. The highest BCUT2D eigenvalue weighted by molar-refractivity contribution is 7.89. The Hall–Kier alpha value is -2.66. The zero-order valence-corrected chi connectivity index (χ0v) is 18.3. The third-order valence-electron chi connectivity index (χ3n) is 5.94. The molecule has 2 aliphatic heterocycles. The van der Waals surface area contributed by atoms with Crippen LogP contribution in [0.3, 0.4) is 0 Å². The van der Waals surface area contributed by atoms with E-state index in [1.54, 1.807) is 18.5 Å². The first-order chi connectivity index (χ1) is 15.3. The lowest BCUT2D eigenvalue weighted by Crippen LogP contribution is -2.51. The zero-order chi connectivity index (χ0) is 22.7. The number of hydrogen-bond donors (Lipinski definition) is 1. The molecule has 0 bridgehead atoms. The van der Waals surface area contributed by atoms with Gasteiger partial charge in [-0.3, -0.25) is 4.79 Å². The number of aromatic nitrogens is 2. The Morgan fingerprint density at radius 1 is 1.06 bits per heavy atom. The second-order valence-electron chi connectivity index (χ2n) is 8.10. The van der Waals surface area contributed by atoms with E-state index in [2.05, 4.69) is 15.3 Å². The number of carbonyl (C=O) groups is 1. The molecule has 8 nitrogen and oxygen atoms in total. The van der Waals surface area contributed by atoms with Gasteiger partial charge in [0.15, 0.2) is 0 Å². The van der Waals surface area contributed by atoms with Gasteiger partial charge in [-0.1, -0.05) is 0 Å². The molecule has 1 amide bonds. The van der Waals surface area contributed by atoms with Crippen LogP contribution in [0.5, 0.6) is 0 Å². The summed E-state index contributed by atoms with van der Waals surface area (Å²) in [7, 11) is -4.16. The van der Waals surface area contributed by atoms with E-state index in [0.717, 1.165) is 35.8 Å². The van der Waals surface area contributed by atoms with Crippen LogP contribution in [0.15, 0.2) is 41.6 Å². The molecule has 32 heavy (non-hydrogen) atoms. The van der Waals surface area contributed by atoms with E-state index < -0.39 is 26.6 Å². The van der Waals surface area contributed by atoms with Crippen LogP contribution in [0.25, 0.3) is 0 Å². The number of halogens is 2. The standard InChI is InChI=1S/C21H25F2N5O3S/c22-16-4-5-18(23)19(13-16)32(30,31)28-11-6-15(7-12-28)20(29)26-17-3-1-10-27(14-17)21-24-8-2-9-25-21/h2,4-5,8-9,13,15,17H,1,3,6-7,10-12,14H2,(H,26,29). The Labute approximate surface area is 185 Å². The summed E-state index contributed by atoms with van der Waals surface area (Å²) >= 11 is 0. The molecule has 2 aliphatic rings. The molecule has 1 unspecified atom stereocenters. The SMILES string of the molecule is O=C(NC1CCCN(c2ncccn2)C1)C1CCN(S(=O)(=O)c2cc(F)ccc2F)CC1. The Morgan fingerprint density at radius 2 is 1.78 bits per heavy atom. The molecular weight excluding hydrogens is 440 g/mol. The molecule has 1 aromatic heterocycles. The van der Waals surface area contributed by atoms with E-state index in [0.29, 0.717) is 31.4 Å². The van der Waals surface area contributed by atoms with Gasteiger partial charge in [0.05, 0.1) is 0 Å². The Kier molecular flexibility index (Phi) is 6.66. The topological polar surface area (TPSA) is 95.5 Å². The molecule has 0 aliphatic carbocycles. The quantitative estimate of drug-likeness (QED) is 0.725. The maximum atomic E-state index is 14.0. The molecule has 0 saturated carbocycles.